The standard InChI is InChI=1S/C19H26N2O3/c1-5-7-12-19(3,24-6-2)18(22)21-15-10-11-16(23-4)17-14(15)9-8-13-20-17/h8-11,13H,5-7,12H2,1-4H3,(H,21,22)/t19-/m1/s1. The zero-order chi connectivity index (χ0) is 17.6. The highest BCUT2D eigenvalue weighted by Crippen LogP contribution is 2.31. The summed E-state index contributed by atoms with van der Waals surface area (Å²) in [6.07, 6.45) is 4.36. The summed E-state index contributed by atoms with van der Waals surface area (Å²) in [6.45, 7) is 6.36. The zero-order valence-corrected chi connectivity index (χ0v) is 14.9. The first kappa shape index (κ1) is 18.2. The Bertz CT molecular complexity index is 702. The average Bonchev–Trinajstić information content (AvgIpc) is 2.60. The van der Waals surface area contributed by atoms with Crippen LogP contribution in [-0.2, 0) is 9.53 Å². The molecular weight excluding hydrogens is 304 g/mol. The molecule has 1 aromatic carbocycles. The van der Waals surface area contributed by atoms with Crippen LogP contribution in [0.15, 0.2) is 30.5 Å². The Labute approximate surface area is 143 Å². The Morgan fingerprint density at radius 1 is 1.29 bits per heavy atom. The summed E-state index contributed by atoms with van der Waals surface area (Å²) in [5.41, 5.74) is 0.606. The van der Waals surface area contributed by atoms with Gasteiger partial charge in [0.2, 0.25) is 0 Å². The number of fused-ring (bicyclic) bond motifs is 1. The minimum Gasteiger partial charge on any atom is -0.494 e. The summed E-state index contributed by atoms with van der Waals surface area (Å²) < 4.78 is 11.1. The number of carbonyl (C=O) groups is 1. The third-order valence-electron chi connectivity index (χ3n) is 4.15. The van der Waals surface area contributed by atoms with Crippen LogP contribution in [0.1, 0.15) is 40.0 Å². The number of unbranched alkanes of at least 4 members (excludes halogenated alkanes) is 1. The van der Waals surface area contributed by atoms with Crippen molar-refractivity contribution in [1.82, 2.24) is 4.98 Å². The van der Waals surface area contributed by atoms with Gasteiger partial charge in [0.25, 0.3) is 5.91 Å². The predicted octanol–water partition coefficient (Wildman–Crippen LogP) is 4.17. The number of ether oxygens (including phenoxy) is 2. The van der Waals surface area contributed by atoms with E-state index in [0.29, 0.717) is 24.5 Å². The minimum absolute atomic E-state index is 0.131. The van der Waals surface area contributed by atoms with Crippen molar-refractivity contribution < 1.29 is 14.3 Å². The van der Waals surface area contributed by atoms with E-state index in [9.17, 15) is 4.79 Å². The molecule has 1 aromatic heterocycles. The molecule has 1 atom stereocenters. The lowest BCUT2D eigenvalue weighted by Gasteiger charge is -2.28. The molecule has 5 nitrogen and oxygen atoms in total. The molecule has 0 bridgehead atoms. The number of pyridine rings is 1. The van der Waals surface area contributed by atoms with Crippen molar-refractivity contribution in [3.05, 3.63) is 30.5 Å². The van der Waals surface area contributed by atoms with Crippen molar-refractivity contribution in [2.75, 3.05) is 19.0 Å². The molecule has 1 amide bonds. The molecular formula is C19H26N2O3. The van der Waals surface area contributed by atoms with E-state index in [-0.39, 0.29) is 5.91 Å². The van der Waals surface area contributed by atoms with Gasteiger partial charge < -0.3 is 14.8 Å². The average molecular weight is 330 g/mol. The first-order valence-corrected chi connectivity index (χ1v) is 8.42. The molecule has 1 N–H and O–H groups in total. The molecule has 1 heterocycles. The van der Waals surface area contributed by atoms with Crippen LogP contribution in [0.3, 0.4) is 0 Å². The highest BCUT2D eigenvalue weighted by atomic mass is 16.5. The number of amides is 1. The number of hydrogen-bond acceptors (Lipinski definition) is 4. The van der Waals surface area contributed by atoms with Gasteiger partial charge in [-0.2, -0.15) is 0 Å². The third-order valence-corrected chi connectivity index (χ3v) is 4.15. The van der Waals surface area contributed by atoms with Crippen LogP contribution >= 0.6 is 0 Å². The SMILES string of the molecule is CCCC[C@@](C)(OCC)C(=O)Nc1ccc(OC)c2ncccc12. The lowest BCUT2D eigenvalue weighted by Crippen LogP contribution is -2.42. The summed E-state index contributed by atoms with van der Waals surface area (Å²) >= 11 is 0. The quantitative estimate of drug-likeness (QED) is 0.789. The van der Waals surface area contributed by atoms with Gasteiger partial charge in [-0.25, -0.2) is 0 Å². The Balaban J connectivity index is 2.32. The van der Waals surface area contributed by atoms with Gasteiger partial charge in [0.15, 0.2) is 0 Å². The smallest absolute Gasteiger partial charge is 0.256 e. The van der Waals surface area contributed by atoms with Crippen LogP contribution < -0.4 is 10.1 Å². The van der Waals surface area contributed by atoms with E-state index >= 15 is 0 Å². The van der Waals surface area contributed by atoms with E-state index in [0.717, 1.165) is 23.7 Å². The normalized spacial score (nSPS) is 13.5. The highest BCUT2D eigenvalue weighted by Gasteiger charge is 2.33. The lowest BCUT2D eigenvalue weighted by atomic mass is 9.97. The van der Waals surface area contributed by atoms with Gasteiger partial charge >= 0.3 is 0 Å². The second kappa shape index (κ2) is 8.11. The number of benzene rings is 1. The molecule has 0 aliphatic rings. The first-order valence-electron chi connectivity index (χ1n) is 8.42. The fourth-order valence-corrected chi connectivity index (χ4v) is 2.76. The Morgan fingerprint density at radius 3 is 2.75 bits per heavy atom. The molecule has 0 fully saturated rings. The summed E-state index contributed by atoms with van der Waals surface area (Å²) in [5, 5.41) is 3.86. The fourth-order valence-electron chi connectivity index (χ4n) is 2.76. The van der Waals surface area contributed by atoms with Crippen LogP contribution in [0, 0.1) is 0 Å². The van der Waals surface area contributed by atoms with E-state index in [4.69, 9.17) is 9.47 Å². The molecule has 0 unspecified atom stereocenters. The van der Waals surface area contributed by atoms with Gasteiger partial charge in [-0.05, 0) is 44.5 Å². The molecule has 0 radical (unpaired) electrons. The van der Waals surface area contributed by atoms with E-state index in [1.807, 2.05) is 38.1 Å². The monoisotopic (exact) mass is 330 g/mol. The molecule has 0 aliphatic carbocycles. The van der Waals surface area contributed by atoms with Crippen molar-refractivity contribution in [2.45, 2.75) is 45.6 Å². The van der Waals surface area contributed by atoms with Crippen LogP contribution in [-0.4, -0.2) is 30.2 Å². The van der Waals surface area contributed by atoms with Crippen LogP contribution in [0.25, 0.3) is 10.9 Å². The molecule has 24 heavy (non-hydrogen) atoms. The van der Waals surface area contributed by atoms with Gasteiger partial charge in [-0.15, -0.1) is 0 Å². The van der Waals surface area contributed by atoms with E-state index in [2.05, 4.69) is 17.2 Å². The Kier molecular flexibility index (Phi) is 6.15. The predicted molar refractivity (Wildman–Crippen MR) is 96.5 cm³/mol. The van der Waals surface area contributed by atoms with E-state index < -0.39 is 5.60 Å². The maximum atomic E-state index is 12.8. The summed E-state index contributed by atoms with van der Waals surface area (Å²) in [6, 6.07) is 7.42. The first-order chi connectivity index (χ1) is 11.6. The number of nitrogens with zero attached hydrogens (tertiary/aromatic N) is 1. The maximum Gasteiger partial charge on any atom is 0.256 e. The van der Waals surface area contributed by atoms with E-state index in [1.54, 1.807) is 13.3 Å². The van der Waals surface area contributed by atoms with Gasteiger partial charge in [-0.3, -0.25) is 9.78 Å². The summed E-state index contributed by atoms with van der Waals surface area (Å²) in [5.74, 6) is 0.551. The van der Waals surface area contributed by atoms with Gasteiger partial charge in [0, 0.05) is 18.2 Å². The van der Waals surface area contributed by atoms with Crippen LogP contribution in [0.5, 0.6) is 5.75 Å². The number of aromatic nitrogens is 1. The zero-order valence-electron chi connectivity index (χ0n) is 14.9. The van der Waals surface area contributed by atoms with Gasteiger partial charge in [0.1, 0.15) is 16.9 Å². The number of anilines is 1. The number of rotatable bonds is 8. The number of hydrogen-bond donors (Lipinski definition) is 1. The van der Waals surface area contributed by atoms with Crippen molar-refractivity contribution in [3.63, 3.8) is 0 Å². The molecule has 2 rings (SSSR count). The molecule has 0 saturated heterocycles. The minimum atomic E-state index is -0.834. The molecule has 0 aliphatic heterocycles. The maximum absolute atomic E-state index is 12.8. The summed E-state index contributed by atoms with van der Waals surface area (Å²) in [4.78, 5) is 17.2. The van der Waals surface area contributed by atoms with Gasteiger partial charge in [-0.1, -0.05) is 19.8 Å². The topological polar surface area (TPSA) is 60.5 Å². The second-order valence-electron chi connectivity index (χ2n) is 5.94. The molecule has 130 valence electrons. The number of carbonyl (C=O) groups excluding carboxylic acids is 1. The second-order valence-corrected chi connectivity index (χ2v) is 5.94. The van der Waals surface area contributed by atoms with Crippen molar-refractivity contribution in [2.24, 2.45) is 0 Å². The van der Waals surface area contributed by atoms with Gasteiger partial charge in [0.05, 0.1) is 12.8 Å². The third kappa shape index (κ3) is 3.85. The fraction of sp³-hybridized carbons (Fsp3) is 0.474. The van der Waals surface area contributed by atoms with Crippen molar-refractivity contribution >= 4 is 22.5 Å². The molecule has 0 spiro atoms. The largest absolute Gasteiger partial charge is 0.494 e. The number of nitrogens with one attached hydrogen (secondary N) is 1. The molecule has 2 aromatic rings. The van der Waals surface area contributed by atoms with Crippen LogP contribution in [0.2, 0.25) is 0 Å². The molecule has 5 heteroatoms. The lowest BCUT2D eigenvalue weighted by molar-refractivity contribution is -0.139. The van der Waals surface area contributed by atoms with Crippen molar-refractivity contribution in [1.29, 1.82) is 0 Å². The Morgan fingerprint density at radius 2 is 2.08 bits per heavy atom. The summed E-state index contributed by atoms with van der Waals surface area (Å²) in [7, 11) is 1.61. The van der Waals surface area contributed by atoms with Crippen molar-refractivity contribution in [3.8, 4) is 5.75 Å². The highest BCUT2D eigenvalue weighted by molar-refractivity contribution is 6.05. The number of methoxy groups -OCH3 is 1. The molecule has 0 saturated carbocycles. The van der Waals surface area contributed by atoms with E-state index in [1.165, 1.54) is 0 Å². The van der Waals surface area contributed by atoms with Crippen LogP contribution in [0.4, 0.5) is 5.69 Å². The Hall–Kier alpha value is -2.14.